The van der Waals surface area contributed by atoms with Crippen molar-refractivity contribution in [3.63, 3.8) is 0 Å². The maximum absolute atomic E-state index is 12.9. The molecule has 0 radical (unpaired) electrons. The van der Waals surface area contributed by atoms with Gasteiger partial charge in [-0.25, -0.2) is 0 Å². The van der Waals surface area contributed by atoms with E-state index in [0.29, 0.717) is 26.3 Å². The summed E-state index contributed by atoms with van der Waals surface area (Å²) in [6.45, 7) is 3.74. The van der Waals surface area contributed by atoms with E-state index < -0.39 is 0 Å². The van der Waals surface area contributed by atoms with Gasteiger partial charge < -0.3 is 19.9 Å². The molecule has 1 aromatic carbocycles. The molecule has 4 rings (SSSR count). The lowest BCUT2D eigenvalue weighted by Crippen LogP contribution is -2.37. The molecule has 2 aliphatic heterocycles. The number of halogens is 1. The fourth-order valence-electron chi connectivity index (χ4n) is 3.71. The summed E-state index contributed by atoms with van der Waals surface area (Å²) in [7, 11) is 0. The van der Waals surface area contributed by atoms with Gasteiger partial charge in [0.2, 0.25) is 11.8 Å². The van der Waals surface area contributed by atoms with Gasteiger partial charge in [-0.15, -0.1) is 0 Å². The van der Waals surface area contributed by atoms with E-state index >= 15 is 0 Å². The Morgan fingerprint density at radius 2 is 2.07 bits per heavy atom. The molecule has 152 valence electrons. The van der Waals surface area contributed by atoms with Crippen molar-refractivity contribution in [2.24, 2.45) is 5.92 Å². The summed E-state index contributed by atoms with van der Waals surface area (Å²) in [5.41, 5.74) is 2.55. The third-order valence-corrected chi connectivity index (χ3v) is 5.73. The van der Waals surface area contributed by atoms with Crippen molar-refractivity contribution in [1.29, 1.82) is 0 Å². The summed E-state index contributed by atoms with van der Waals surface area (Å²) in [6.07, 6.45) is 1.93. The third-order valence-electron chi connectivity index (χ3n) is 5.23. The quantitative estimate of drug-likeness (QED) is 0.745. The Bertz CT molecular complexity index is 887. The molecule has 2 amide bonds. The Labute approximate surface area is 178 Å². The number of nitrogens with zero attached hydrogens (tertiary/aromatic N) is 3. The Balaban J connectivity index is 1.44. The Morgan fingerprint density at radius 1 is 1.24 bits per heavy atom. The van der Waals surface area contributed by atoms with Gasteiger partial charge in [0, 0.05) is 36.7 Å². The van der Waals surface area contributed by atoms with Crippen LogP contribution in [0.5, 0.6) is 0 Å². The number of carbonyl (C=O) groups is 2. The number of anilines is 2. The van der Waals surface area contributed by atoms with Gasteiger partial charge in [-0.2, -0.15) is 0 Å². The predicted molar refractivity (Wildman–Crippen MR) is 114 cm³/mol. The standard InChI is InChI=1S/C21H23BrN4O3/c22-16-4-5-19(25-7-9-29-10-8-25)18(12-16)24-21(28)15-11-20(27)26(13-15)14-17-3-1-2-6-23-17/h1-6,12,15H,7-11,13-14H2,(H,24,28). The average Bonchev–Trinajstić information content (AvgIpc) is 3.10. The zero-order valence-electron chi connectivity index (χ0n) is 16.0. The molecule has 0 saturated carbocycles. The molecule has 3 heterocycles. The third kappa shape index (κ3) is 4.76. The highest BCUT2D eigenvalue weighted by Gasteiger charge is 2.34. The lowest BCUT2D eigenvalue weighted by molar-refractivity contribution is -0.128. The van der Waals surface area contributed by atoms with E-state index in [4.69, 9.17) is 4.74 Å². The monoisotopic (exact) mass is 458 g/mol. The molecule has 2 fully saturated rings. The van der Waals surface area contributed by atoms with Crippen molar-refractivity contribution in [2.45, 2.75) is 13.0 Å². The van der Waals surface area contributed by atoms with E-state index in [2.05, 4.69) is 31.1 Å². The lowest BCUT2D eigenvalue weighted by atomic mass is 10.1. The second kappa shape index (κ2) is 8.92. The predicted octanol–water partition coefficient (Wildman–Crippen LogP) is 2.67. The Kier molecular flexibility index (Phi) is 6.10. The van der Waals surface area contributed by atoms with Crippen LogP contribution in [0.3, 0.4) is 0 Å². The summed E-state index contributed by atoms with van der Waals surface area (Å²) in [5, 5.41) is 3.05. The number of pyridine rings is 1. The molecule has 8 heteroatoms. The van der Waals surface area contributed by atoms with Crippen molar-refractivity contribution in [3.8, 4) is 0 Å². The van der Waals surface area contributed by atoms with Crippen molar-refractivity contribution >= 4 is 39.1 Å². The number of carbonyl (C=O) groups excluding carboxylic acids is 2. The summed E-state index contributed by atoms with van der Waals surface area (Å²) < 4.78 is 6.33. The topological polar surface area (TPSA) is 74.8 Å². The van der Waals surface area contributed by atoms with Gasteiger partial charge in [-0.1, -0.05) is 22.0 Å². The van der Waals surface area contributed by atoms with Crippen LogP contribution in [-0.2, 0) is 20.9 Å². The minimum atomic E-state index is -0.372. The van der Waals surface area contributed by atoms with Crippen LogP contribution in [-0.4, -0.2) is 54.5 Å². The number of morpholine rings is 1. The highest BCUT2D eigenvalue weighted by molar-refractivity contribution is 9.10. The molecule has 1 N–H and O–H groups in total. The van der Waals surface area contributed by atoms with Crippen molar-refractivity contribution < 1.29 is 14.3 Å². The van der Waals surface area contributed by atoms with Crippen LogP contribution < -0.4 is 10.2 Å². The molecule has 29 heavy (non-hydrogen) atoms. The van der Waals surface area contributed by atoms with Crippen LogP contribution in [0.1, 0.15) is 12.1 Å². The Morgan fingerprint density at radius 3 is 2.83 bits per heavy atom. The highest BCUT2D eigenvalue weighted by Crippen LogP contribution is 2.31. The van der Waals surface area contributed by atoms with Crippen LogP contribution in [0.2, 0.25) is 0 Å². The summed E-state index contributed by atoms with van der Waals surface area (Å²) in [5.74, 6) is -0.518. The second-order valence-corrected chi connectivity index (χ2v) is 8.16. The molecule has 1 aromatic heterocycles. The maximum atomic E-state index is 12.9. The molecular weight excluding hydrogens is 436 g/mol. The summed E-state index contributed by atoms with van der Waals surface area (Å²) >= 11 is 3.49. The molecule has 1 atom stereocenters. The molecular formula is C21H23BrN4O3. The molecule has 2 aromatic rings. The van der Waals surface area contributed by atoms with Crippen LogP contribution in [0, 0.1) is 5.92 Å². The molecule has 7 nitrogen and oxygen atoms in total. The first-order chi connectivity index (χ1) is 14.1. The molecule has 2 saturated heterocycles. The number of rotatable bonds is 5. The highest BCUT2D eigenvalue weighted by atomic mass is 79.9. The van der Waals surface area contributed by atoms with Gasteiger partial charge in [0.1, 0.15) is 0 Å². The van der Waals surface area contributed by atoms with Crippen LogP contribution in [0.25, 0.3) is 0 Å². The number of likely N-dealkylation sites (tertiary alicyclic amines) is 1. The molecule has 0 bridgehead atoms. The lowest BCUT2D eigenvalue weighted by Gasteiger charge is -2.30. The fraction of sp³-hybridized carbons (Fsp3) is 0.381. The van der Waals surface area contributed by atoms with Gasteiger partial charge in [0.05, 0.1) is 42.7 Å². The number of ether oxygens (including phenoxy) is 1. The van der Waals surface area contributed by atoms with Gasteiger partial charge >= 0.3 is 0 Å². The van der Waals surface area contributed by atoms with Gasteiger partial charge in [-0.3, -0.25) is 14.6 Å². The van der Waals surface area contributed by atoms with E-state index in [1.54, 1.807) is 11.1 Å². The van der Waals surface area contributed by atoms with Crippen LogP contribution >= 0.6 is 15.9 Å². The average molecular weight is 459 g/mol. The number of amides is 2. The minimum absolute atomic E-state index is 0.0153. The van der Waals surface area contributed by atoms with Crippen molar-refractivity contribution in [2.75, 3.05) is 43.1 Å². The summed E-state index contributed by atoms with van der Waals surface area (Å²) in [6, 6.07) is 11.5. The first kappa shape index (κ1) is 19.8. The Hall–Kier alpha value is -2.45. The van der Waals surface area contributed by atoms with E-state index in [0.717, 1.165) is 34.6 Å². The number of aromatic nitrogens is 1. The number of benzene rings is 1. The van der Waals surface area contributed by atoms with Gasteiger partial charge in [0.25, 0.3) is 0 Å². The largest absolute Gasteiger partial charge is 0.378 e. The van der Waals surface area contributed by atoms with E-state index in [-0.39, 0.29) is 24.2 Å². The van der Waals surface area contributed by atoms with Gasteiger partial charge in [-0.05, 0) is 30.3 Å². The fourth-order valence-corrected chi connectivity index (χ4v) is 4.07. The second-order valence-electron chi connectivity index (χ2n) is 7.25. The van der Waals surface area contributed by atoms with Crippen LogP contribution in [0.4, 0.5) is 11.4 Å². The molecule has 2 aliphatic rings. The maximum Gasteiger partial charge on any atom is 0.229 e. The number of hydrogen-bond acceptors (Lipinski definition) is 5. The molecule has 1 unspecified atom stereocenters. The molecule has 0 aliphatic carbocycles. The molecule has 0 spiro atoms. The van der Waals surface area contributed by atoms with Crippen molar-refractivity contribution in [1.82, 2.24) is 9.88 Å². The van der Waals surface area contributed by atoms with Crippen LogP contribution in [0.15, 0.2) is 47.1 Å². The first-order valence-electron chi connectivity index (χ1n) is 9.71. The number of nitrogens with one attached hydrogen (secondary N) is 1. The van der Waals surface area contributed by atoms with E-state index in [1.165, 1.54) is 0 Å². The first-order valence-corrected chi connectivity index (χ1v) is 10.5. The SMILES string of the molecule is O=C(Nc1cc(Br)ccc1N1CCOCC1)C1CC(=O)N(Cc2ccccn2)C1. The van der Waals surface area contributed by atoms with E-state index in [9.17, 15) is 9.59 Å². The zero-order valence-corrected chi connectivity index (χ0v) is 17.6. The normalized spacial score (nSPS) is 19.5. The number of hydrogen-bond donors (Lipinski definition) is 1. The van der Waals surface area contributed by atoms with Gasteiger partial charge in [0.15, 0.2) is 0 Å². The summed E-state index contributed by atoms with van der Waals surface area (Å²) in [4.78, 5) is 33.5. The van der Waals surface area contributed by atoms with Crippen molar-refractivity contribution in [3.05, 3.63) is 52.8 Å². The van der Waals surface area contributed by atoms with E-state index in [1.807, 2.05) is 36.4 Å². The zero-order chi connectivity index (χ0) is 20.2. The smallest absolute Gasteiger partial charge is 0.229 e. The minimum Gasteiger partial charge on any atom is -0.378 e.